The summed E-state index contributed by atoms with van der Waals surface area (Å²) < 4.78 is 54.5. The minimum atomic E-state index is -2.50. The molecule has 4 aliphatic heterocycles. The molecule has 111 heavy (non-hydrogen) atoms. The van der Waals surface area contributed by atoms with Crippen LogP contribution in [0.4, 0.5) is 0 Å². The van der Waals surface area contributed by atoms with Crippen LogP contribution in [-0.2, 0) is 90.6 Å². The number of carbonyl (C=O) groups excluding carboxylic acids is 10. The number of cyclic esters (lactones) is 2. The van der Waals surface area contributed by atoms with Crippen molar-refractivity contribution < 1.29 is 106 Å². The lowest BCUT2D eigenvalue weighted by Crippen LogP contribution is -2.61. The van der Waals surface area contributed by atoms with Gasteiger partial charge in [0.15, 0.2) is 11.5 Å². The molecule has 4 heterocycles. The minimum Gasteiger partial charge on any atom is -0.504 e. The standard InChI is InChI=1S/C86H127N3O22/c1-17-88(40-39-87(11)12)48-59-73-78(97)77(96)72-60-35-37-68(91)84(60,9)47-67(74(72)85(73,10)69(49-103-13)110-82(59)100)108-71(93)31-24-19-18-23-30-70(92)107-63-36-33-57(44-66(63)105-15)43-53(5)65-46-62(90)52(4)42-55(7)76(95)79(106-16)75(94)54(6)41-50(2)27-21-20-22-28-51(3)64(104-14)45-58-34-32-56(8)86(102,111-58)80(98)81(99)89-38-26-25-29-61(89)83(101)109-65/h20-22,27-28,42,48,50,52-54,56-58,60-61,63-67,69,76,79,95,97,102H,17-19,23-26,29-41,43-47,49H2,1-16H3/b22-20+,27-21+,51-28+,55-42+,59-48+/t50-,52-,53-,54-,56-,57?,58+,60+,61+,63-,64+,65+,66-,67-,69-,76-,79+,84+,85+,86-/m1/s1. The fraction of sp³-hybridized carbons (Fsp3) is 0.721. The van der Waals surface area contributed by atoms with Crippen molar-refractivity contribution in [1.82, 2.24) is 14.7 Å². The van der Waals surface area contributed by atoms with Gasteiger partial charge in [-0.05, 0) is 160 Å². The number of ether oxygens (including phenoxy) is 9. The number of likely N-dealkylation sites (N-methyl/N-ethyl adjacent to an activating group) is 2. The van der Waals surface area contributed by atoms with Gasteiger partial charge in [0.1, 0.15) is 54.2 Å². The number of rotatable bonds is 22. The van der Waals surface area contributed by atoms with E-state index in [1.54, 1.807) is 68.0 Å². The topological polar surface area (TPSA) is 324 Å². The third kappa shape index (κ3) is 21.0. The maximum absolute atomic E-state index is 14.8. The molecule has 2 bridgehead atoms. The molecule has 4 aliphatic carbocycles. The Balaban J connectivity index is 0.913. The number of aliphatic hydroxyl groups is 3. The fourth-order valence-corrected chi connectivity index (χ4v) is 18.3. The zero-order valence-electron chi connectivity index (χ0n) is 68.7. The van der Waals surface area contributed by atoms with Gasteiger partial charge in [0.2, 0.25) is 11.6 Å². The first kappa shape index (κ1) is 89.7. The molecular formula is C86H127N3O22. The first-order valence-corrected chi connectivity index (χ1v) is 40.6. The molecule has 25 nitrogen and oxygen atoms in total. The van der Waals surface area contributed by atoms with Crippen LogP contribution in [0.2, 0.25) is 0 Å². The lowest BCUT2D eigenvalue weighted by atomic mass is 9.53. The van der Waals surface area contributed by atoms with Crippen molar-refractivity contribution in [1.29, 1.82) is 0 Å². The van der Waals surface area contributed by atoms with Gasteiger partial charge in [0, 0.05) is 140 Å². The molecule has 618 valence electrons. The van der Waals surface area contributed by atoms with E-state index < -0.39 is 154 Å². The van der Waals surface area contributed by atoms with E-state index in [-0.39, 0.29) is 104 Å². The van der Waals surface area contributed by atoms with Crippen molar-refractivity contribution in [2.75, 3.05) is 75.3 Å². The highest BCUT2D eigenvalue weighted by Crippen LogP contribution is 2.63. The number of hydrogen-bond donors (Lipinski definition) is 3. The van der Waals surface area contributed by atoms with Gasteiger partial charge in [0.25, 0.3) is 11.7 Å². The molecule has 5 fully saturated rings. The van der Waals surface area contributed by atoms with Crippen molar-refractivity contribution in [2.24, 2.45) is 52.3 Å². The quantitative estimate of drug-likeness (QED) is 0.0226. The van der Waals surface area contributed by atoms with E-state index in [1.165, 1.54) is 19.1 Å². The van der Waals surface area contributed by atoms with Crippen LogP contribution >= 0.6 is 0 Å². The minimum absolute atomic E-state index is 0.0109. The Morgan fingerprint density at radius 2 is 1.49 bits per heavy atom. The van der Waals surface area contributed by atoms with E-state index in [0.29, 0.717) is 121 Å². The van der Waals surface area contributed by atoms with E-state index >= 15 is 0 Å². The predicted octanol–water partition coefficient (Wildman–Crippen LogP) is 10.4. The molecule has 8 aliphatic rings. The molecule has 20 atom stereocenters. The van der Waals surface area contributed by atoms with E-state index in [2.05, 4.69) is 0 Å². The second-order valence-corrected chi connectivity index (χ2v) is 33.5. The van der Waals surface area contributed by atoms with E-state index in [4.69, 9.17) is 42.6 Å². The monoisotopic (exact) mass is 1550 g/mol. The number of methoxy groups -OCH3 is 4. The van der Waals surface area contributed by atoms with Crippen LogP contribution in [0.5, 0.6) is 0 Å². The number of hydrogen-bond acceptors (Lipinski definition) is 24. The Kier molecular flexibility index (Phi) is 32.3. The molecular weight excluding hydrogens is 1430 g/mol. The summed E-state index contributed by atoms with van der Waals surface area (Å²) in [6.45, 7) is 19.6. The van der Waals surface area contributed by atoms with Crippen molar-refractivity contribution in [3.8, 4) is 0 Å². The maximum atomic E-state index is 14.8. The summed E-state index contributed by atoms with van der Waals surface area (Å²) in [5, 5.41) is 36.0. The highest BCUT2D eigenvalue weighted by Gasteiger charge is 2.65. The number of unbranched alkanes of at least 4 members (excludes halogenated alkanes) is 3. The zero-order chi connectivity index (χ0) is 81.6. The number of fused-ring (bicyclic) bond motifs is 7. The number of nitrogens with zero attached hydrogens (tertiary/aromatic N) is 3. The smallest absolute Gasteiger partial charge is 0.340 e. The molecule has 1 unspecified atom stereocenters. The van der Waals surface area contributed by atoms with Crippen LogP contribution in [-0.4, -0.2) is 231 Å². The second-order valence-electron chi connectivity index (χ2n) is 33.5. The Labute approximate surface area is 656 Å². The Morgan fingerprint density at radius 1 is 0.784 bits per heavy atom. The van der Waals surface area contributed by atoms with Gasteiger partial charge in [-0.2, -0.15) is 0 Å². The summed E-state index contributed by atoms with van der Waals surface area (Å²) in [5.41, 5.74) is -0.584. The third-order valence-electron chi connectivity index (χ3n) is 25.2. The van der Waals surface area contributed by atoms with Crippen molar-refractivity contribution in [3.63, 3.8) is 0 Å². The van der Waals surface area contributed by atoms with Crippen LogP contribution in [0.15, 0.2) is 81.9 Å². The van der Waals surface area contributed by atoms with Gasteiger partial charge >= 0.3 is 23.9 Å². The number of piperidine rings is 1. The van der Waals surface area contributed by atoms with E-state index in [9.17, 15) is 63.3 Å². The molecule has 3 saturated heterocycles. The molecule has 2 saturated carbocycles. The van der Waals surface area contributed by atoms with Crippen molar-refractivity contribution in [3.05, 3.63) is 81.9 Å². The van der Waals surface area contributed by atoms with Gasteiger partial charge in [-0.3, -0.25) is 38.4 Å². The van der Waals surface area contributed by atoms with Gasteiger partial charge in [0.05, 0.1) is 35.9 Å². The van der Waals surface area contributed by atoms with Crippen LogP contribution in [0.3, 0.4) is 0 Å². The second kappa shape index (κ2) is 40.0. The molecule has 0 aromatic carbocycles. The Bertz CT molecular complexity index is 3610. The normalized spacial score (nSPS) is 36.2. The first-order chi connectivity index (χ1) is 52.6. The predicted molar refractivity (Wildman–Crippen MR) is 412 cm³/mol. The average molecular weight is 1550 g/mol. The summed E-state index contributed by atoms with van der Waals surface area (Å²) in [6, 6.07) is -1.23. The molecule has 0 aromatic heterocycles. The third-order valence-corrected chi connectivity index (χ3v) is 25.2. The van der Waals surface area contributed by atoms with Gasteiger partial charge in [-0.1, -0.05) is 90.8 Å². The zero-order valence-corrected chi connectivity index (χ0v) is 68.7. The average Bonchev–Trinajstić information content (AvgIpc) is 1.67. The van der Waals surface area contributed by atoms with Crippen LogP contribution in [0.1, 0.15) is 204 Å². The molecule has 25 heteroatoms. The fourth-order valence-electron chi connectivity index (χ4n) is 18.3. The number of aliphatic hydroxyl groups excluding tert-OH is 2. The van der Waals surface area contributed by atoms with Crippen LogP contribution < -0.4 is 0 Å². The molecule has 0 spiro atoms. The van der Waals surface area contributed by atoms with Gasteiger partial charge < -0.3 is 72.7 Å². The summed E-state index contributed by atoms with van der Waals surface area (Å²) in [4.78, 5) is 148. The largest absolute Gasteiger partial charge is 0.504 e. The summed E-state index contributed by atoms with van der Waals surface area (Å²) >= 11 is 0. The van der Waals surface area contributed by atoms with Gasteiger partial charge in [-0.15, -0.1) is 0 Å². The number of esters is 4. The Morgan fingerprint density at radius 3 is 2.14 bits per heavy atom. The number of Topliss-reactive ketones (excluding diaryl/α,β-unsaturated/α-hetero) is 5. The van der Waals surface area contributed by atoms with Crippen molar-refractivity contribution >= 4 is 58.7 Å². The number of amides is 1. The van der Waals surface area contributed by atoms with Gasteiger partial charge in [-0.25, -0.2) is 9.59 Å². The van der Waals surface area contributed by atoms with Crippen LogP contribution in [0, 0.1) is 52.3 Å². The van der Waals surface area contributed by atoms with Crippen LogP contribution in [0.25, 0.3) is 0 Å². The maximum Gasteiger partial charge on any atom is 0.340 e. The lowest BCUT2D eigenvalue weighted by Gasteiger charge is -2.53. The number of allylic oxidation sites excluding steroid dienone is 7. The number of ketones is 5. The SMILES string of the molecule is CCN(/C=C1/C(=O)O[C@H](COC)[C@@]2(C)C1=C(O)C(=O)C1=C2[C@H](OC(=O)CCCCCCC(=O)O[C@@H]2CCC(C[C@@H](C)[C@@H]3CC(=O)[C@H](C)/C=C(\C)[C@@H](O)[C@@H](OC)C(=O)[C@H](C)C[C@H](C)/C=C/C=C/C=C(\C)[C@@H](OC)C[C@@H]4CC[C@@H](C)[C@@](O)(O4)C(=O)C(=O)N4CCCC[C@H]4C(=O)O3)C[C@H]2OC)C[C@]2(C)C(=O)CC[C@@H]12)CCN(C)C. The highest BCUT2D eigenvalue weighted by molar-refractivity contribution is 6.39. The molecule has 0 radical (unpaired) electrons. The molecule has 3 N–H and O–H groups in total. The first-order valence-electron chi connectivity index (χ1n) is 40.6. The van der Waals surface area contributed by atoms with E-state index in [1.807, 2.05) is 82.0 Å². The Hall–Kier alpha value is -6.84. The highest BCUT2D eigenvalue weighted by atomic mass is 16.6. The molecule has 8 rings (SSSR count). The lowest BCUT2D eigenvalue weighted by molar-refractivity contribution is -0.265. The summed E-state index contributed by atoms with van der Waals surface area (Å²) in [5.74, 6) is -12.5. The summed E-state index contributed by atoms with van der Waals surface area (Å²) in [6.07, 6.45) is 11.8. The van der Waals surface area contributed by atoms with Crippen molar-refractivity contribution in [2.45, 2.75) is 271 Å². The molecule has 0 aromatic rings. The number of carbonyl (C=O) groups is 10. The van der Waals surface area contributed by atoms with E-state index in [0.717, 1.165) is 5.57 Å². The molecule has 1 amide bonds. The summed E-state index contributed by atoms with van der Waals surface area (Å²) in [7, 11) is 9.79.